The molecule has 0 spiro atoms. The zero-order valence-electron chi connectivity index (χ0n) is 16.3. The first-order valence-electron chi connectivity index (χ1n) is 10.2. The Labute approximate surface area is 152 Å². The molecule has 6 atom stereocenters. The maximum Gasteiger partial charge on any atom is 0.159 e. The van der Waals surface area contributed by atoms with Gasteiger partial charge in [0.15, 0.2) is 5.78 Å². The number of carbonyl (C=O) groups is 2. The third-order valence-electron chi connectivity index (χ3n) is 8.86. The SMILES string of the molecule is C=C1C[C@@H]2[C@H](CC[C@]3(C)C(=O)CC[C@@H]23)[C@]2(C)C1=C(C)C(=O)C[C@H]2CC. The summed E-state index contributed by atoms with van der Waals surface area (Å²) in [5.74, 6) is 2.94. The fourth-order valence-corrected chi connectivity index (χ4v) is 7.51. The maximum atomic E-state index is 12.6. The predicted molar refractivity (Wildman–Crippen MR) is 100 cm³/mol. The minimum atomic E-state index is -0.0970. The monoisotopic (exact) mass is 340 g/mol. The summed E-state index contributed by atoms with van der Waals surface area (Å²) < 4.78 is 0. The molecule has 2 nitrogen and oxygen atoms in total. The van der Waals surface area contributed by atoms with Crippen molar-refractivity contribution in [3.8, 4) is 0 Å². The molecule has 25 heavy (non-hydrogen) atoms. The van der Waals surface area contributed by atoms with Crippen LogP contribution in [-0.4, -0.2) is 11.6 Å². The van der Waals surface area contributed by atoms with Gasteiger partial charge in [-0.25, -0.2) is 0 Å². The van der Waals surface area contributed by atoms with E-state index in [0.717, 1.165) is 44.1 Å². The van der Waals surface area contributed by atoms with Crippen LogP contribution in [-0.2, 0) is 9.59 Å². The van der Waals surface area contributed by atoms with Crippen LogP contribution in [0.5, 0.6) is 0 Å². The summed E-state index contributed by atoms with van der Waals surface area (Å²) in [4.78, 5) is 25.2. The molecule has 0 aromatic heterocycles. The van der Waals surface area contributed by atoms with Crippen LogP contribution in [0.25, 0.3) is 0 Å². The van der Waals surface area contributed by atoms with E-state index in [1.54, 1.807) is 0 Å². The van der Waals surface area contributed by atoms with E-state index in [2.05, 4.69) is 27.4 Å². The molecular weight excluding hydrogens is 308 g/mol. The van der Waals surface area contributed by atoms with Gasteiger partial charge in [-0.3, -0.25) is 9.59 Å². The first-order valence-corrected chi connectivity index (χ1v) is 10.2. The number of rotatable bonds is 1. The summed E-state index contributed by atoms with van der Waals surface area (Å²) >= 11 is 0. The average Bonchev–Trinajstić information content (AvgIpc) is 2.86. The van der Waals surface area contributed by atoms with Crippen molar-refractivity contribution >= 4 is 11.6 Å². The predicted octanol–water partition coefficient (Wildman–Crippen LogP) is 5.28. The fraction of sp³-hybridized carbons (Fsp3) is 0.739. The van der Waals surface area contributed by atoms with Crippen molar-refractivity contribution in [2.75, 3.05) is 0 Å². The van der Waals surface area contributed by atoms with Crippen LogP contribution in [0.2, 0.25) is 0 Å². The summed E-state index contributed by atoms with van der Waals surface area (Å²) in [6.45, 7) is 13.4. The maximum absolute atomic E-state index is 12.6. The summed E-state index contributed by atoms with van der Waals surface area (Å²) in [6, 6.07) is 0. The van der Waals surface area contributed by atoms with E-state index in [9.17, 15) is 9.59 Å². The Morgan fingerprint density at radius 1 is 1.12 bits per heavy atom. The molecule has 3 fully saturated rings. The van der Waals surface area contributed by atoms with E-state index in [-0.39, 0.29) is 10.8 Å². The Balaban J connectivity index is 1.83. The smallest absolute Gasteiger partial charge is 0.159 e. The van der Waals surface area contributed by atoms with Gasteiger partial charge in [-0.05, 0) is 72.8 Å². The van der Waals surface area contributed by atoms with E-state index in [4.69, 9.17) is 0 Å². The Bertz CT molecular complexity index is 699. The van der Waals surface area contributed by atoms with Crippen LogP contribution >= 0.6 is 0 Å². The lowest BCUT2D eigenvalue weighted by molar-refractivity contribution is -0.133. The molecule has 0 aromatic carbocycles. The zero-order chi connectivity index (χ0) is 18.1. The molecule has 2 heteroatoms. The lowest BCUT2D eigenvalue weighted by Gasteiger charge is -2.60. The number of allylic oxidation sites excluding steroid dienone is 2. The average molecular weight is 341 g/mol. The van der Waals surface area contributed by atoms with Crippen molar-refractivity contribution in [1.29, 1.82) is 0 Å². The molecule has 0 saturated heterocycles. The van der Waals surface area contributed by atoms with Gasteiger partial charge in [0.1, 0.15) is 5.78 Å². The highest BCUT2D eigenvalue weighted by Crippen LogP contribution is 2.67. The molecule has 4 aliphatic rings. The fourth-order valence-electron chi connectivity index (χ4n) is 7.51. The summed E-state index contributed by atoms with van der Waals surface area (Å²) in [6.07, 6.45) is 6.74. The molecule has 136 valence electrons. The van der Waals surface area contributed by atoms with E-state index < -0.39 is 0 Å². The van der Waals surface area contributed by atoms with Crippen molar-refractivity contribution in [2.24, 2.45) is 34.5 Å². The second-order valence-electron chi connectivity index (χ2n) is 9.62. The number of ketones is 2. The Hall–Kier alpha value is -1.18. The molecule has 0 amide bonds. The molecule has 4 aliphatic carbocycles. The normalized spacial score (nSPS) is 46.8. The quantitative estimate of drug-likeness (QED) is 0.651. The molecule has 4 rings (SSSR count). The minimum Gasteiger partial charge on any atom is -0.299 e. The van der Waals surface area contributed by atoms with Crippen molar-refractivity contribution in [3.05, 3.63) is 23.3 Å². The van der Waals surface area contributed by atoms with E-state index in [0.29, 0.717) is 41.7 Å². The standard InChI is InChI=1S/C23H32O2/c1-6-15-12-19(24)14(3)21-13(2)11-16-17-7-8-20(25)22(17,4)10-9-18(16)23(15,21)5/h15-18H,2,6-12H2,1,3-5H3/t15-,16+,17+,18+,22+,23-/m1/s1. The van der Waals surface area contributed by atoms with Crippen LogP contribution in [0.15, 0.2) is 23.3 Å². The van der Waals surface area contributed by atoms with E-state index >= 15 is 0 Å². The van der Waals surface area contributed by atoms with Gasteiger partial charge in [0.05, 0.1) is 0 Å². The van der Waals surface area contributed by atoms with Gasteiger partial charge in [-0.2, -0.15) is 0 Å². The van der Waals surface area contributed by atoms with Gasteiger partial charge in [0.25, 0.3) is 0 Å². The van der Waals surface area contributed by atoms with Crippen molar-refractivity contribution in [1.82, 2.24) is 0 Å². The summed E-state index contributed by atoms with van der Waals surface area (Å²) in [7, 11) is 0. The Morgan fingerprint density at radius 2 is 1.84 bits per heavy atom. The van der Waals surface area contributed by atoms with Crippen LogP contribution in [0.4, 0.5) is 0 Å². The highest BCUT2D eigenvalue weighted by Gasteiger charge is 2.61. The van der Waals surface area contributed by atoms with E-state index in [1.807, 2.05) is 6.92 Å². The van der Waals surface area contributed by atoms with Gasteiger partial charge in [-0.15, -0.1) is 0 Å². The van der Waals surface area contributed by atoms with E-state index in [1.165, 1.54) is 11.1 Å². The van der Waals surface area contributed by atoms with Crippen LogP contribution < -0.4 is 0 Å². The first kappa shape index (κ1) is 17.2. The van der Waals surface area contributed by atoms with Crippen molar-refractivity contribution in [2.45, 2.75) is 72.6 Å². The lowest BCUT2D eigenvalue weighted by atomic mass is 9.43. The number of hydrogen-bond acceptors (Lipinski definition) is 2. The highest BCUT2D eigenvalue weighted by molar-refractivity contribution is 5.98. The molecule has 0 bridgehead atoms. The Kier molecular flexibility index (Phi) is 3.73. The molecule has 0 aromatic rings. The van der Waals surface area contributed by atoms with Crippen LogP contribution in [0.1, 0.15) is 72.6 Å². The summed E-state index contributed by atoms with van der Waals surface area (Å²) in [5.41, 5.74) is 3.44. The minimum absolute atomic E-state index is 0.0692. The third kappa shape index (κ3) is 2.03. The second-order valence-corrected chi connectivity index (χ2v) is 9.62. The van der Waals surface area contributed by atoms with Gasteiger partial charge < -0.3 is 0 Å². The van der Waals surface area contributed by atoms with Gasteiger partial charge in [0.2, 0.25) is 0 Å². The lowest BCUT2D eigenvalue weighted by Crippen LogP contribution is -2.54. The van der Waals surface area contributed by atoms with Crippen molar-refractivity contribution in [3.63, 3.8) is 0 Å². The van der Waals surface area contributed by atoms with Gasteiger partial charge in [0, 0.05) is 18.3 Å². The third-order valence-corrected chi connectivity index (χ3v) is 8.86. The molecule has 0 aliphatic heterocycles. The number of hydrogen-bond donors (Lipinski definition) is 0. The Morgan fingerprint density at radius 3 is 2.52 bits per heavy atom. The molecule has 0 heterocycles. The van der Waals surface area contributed by atoms with Gasteiger partial charge >= 0.3 is 0 Å². The largest absolute Gasteiger partial charge is 0.299 e. The second kappa shape index (κ2) is 5.41. The van der Waals surface area contributed by atoms with Crippen LogP contribution in [0, 0.1) is 34.5 Å². The zero-order valence-corrected chi connectivity index (χ0v) is 16.3. The molecule has 0 radical (unpaired) electrons. The number of fused-ring (bicyclic) bond motifs is 5. The molecule has 0 unspecified atom stereocenters. The molecule has 3 saturated carbocycles. The number of Topliss-reactive ketones (excluding diaryl/α,β-unsaturated/α-hetero) is 2. The molecular formula is C23H32O2. The summed E-state index contributed by atoms with van der Waals surface area (Å²) in [5, 5.41) is 0. The van der Waals surface area contributed by atoms with Crippen LogP contribution in [0.3, 0.4) is 0 Å². The highest BCUT2D eigenvalue weighted by atomic mass is 16.1. The van der Waals surface area contributed by atoms with Crippen molar-refractivity contribution < 1.29 is 9.59 Å². The molecule has 0 N–H and O–H groups in total. The van der Waals surface area contributed by atoms with Gasteiger partial charge in [-0.1, -0.05) is 39.3 Å². The topological polar surface area (TPSA) is 34.1 Å². The first-order chi connectivity index (χ1) is 11.7. The number of carbonyl (C=O) groups excluding carboxylic acids is 2.